The van der Waals surface area contributed by atoms with Gasteiger partial charge in [0.15, 0.2) is 0 Å². The maximum atomic E-state index is 12.4. The number of carbonyl (C=O) groups is 1. The van der Waals surface area contributed by atoms with Gasteiger partial charge in [0.05, 0.1) is 11.9 Å². The van der Waals surface area contributed by atoms with Crippen molar-refractivity contribution >= 4 is 44.8 Å². The maximum absolute atomic E-state index is 12.4. The minimum absolute atomic E-state index is 0.0244. The molecule has 1 saturated heterocycles. The molecule has 24 heavy (non-hydrogen) atoms. The topological polar surface area (TPSA) is 57.7 Å². The van der Waals surface area contributed by atoms with E-state index < -0.39 is 10.0 Å². The largest absolute Gasteiger partial charge is 0.343 e. The molecule has 0 aromatic heterocycles. The highest BCUT2D eigenvalue weighted by Gasteiger charge is 2.23. The summed E-state index contributed by atoms with van der Waals surface area (Å²) in [5.74, 6) is 0.610. The van der Waals surface area contributed by atoms with Crippen LogP contribution in [0.3, 0.4) is 0 Å². The zero-order chi connectivity index (χ0) is 17.9. The van der Waals surface area contributed by atoms with Crippen molar-refractivity contribution in [1.82, 2.24) is 4.90 Å². The molecule has 1 aromatic carbocycles. The average molecular weight is 393 g/mol. The van der Waals surface area contributed by atoms with E-state index in [9.17, 15) is 13.2 Å². The van der Waals surface area contributed by atoms with Gasteiger partial charge in [0.1, 0.15) is 0 Å². The predicted octanol–water partition coefficient (Wildman–Crippen LogP) is 3.41. The first-order valence-electron chi connectivity index (χ1n) is 7.88. The quantitative estimate of drug-likeness (QED) is 0.771. The third-order valence-electron chi connectivity index (χ3n) is 4.20. The molecular weight excluding hydrogens is 371 g/mol. The van der Waals surface area contributed by atoms with E-state index in [4.69, 9.17) is 23.2 Å². The van der Waals surface area contributed by atoms with Crippen LogP contribution >= 0.6 is 23.2 Å². The number of carbonyl (C=O) groups excluding carboxylic acids is 1. The van der Waals surface area contributed by atoms with Gasteiger partial charge in [0.2, 0.25) is 15.9 Å². The molecule has 0 saturated carbocycles. The number of nitrogens with zero attached hydrogens (tertiary/aromatic N) is 2. The van der Waals surface area contributed by atoms with Crippen molar-refractivity contribution in [3.8, 4) is 0 Å². The van der Waals surface area contributed by atoms with Crippen molar-refractivity contribution < 1.29 is 13.2 Å². The summed E-state index contributed by atoms with van der Waals surface area (Å²) in [6.45, 7) is 3.72. The van der Waals surface area contributed by atoms with Crippen LogP contribution in [0.5, 0.6) is 0 Å². The number of benzene rings is 1. The van der Waals surface area contributed by atoms with Crippen LogP contribution in [0, 0.1) is 5.92 Å². The van der Waals surface area contributed by atoms with Gasteiger partial charge < -0.3 is 4.90 Å². The average Bonchev–Trinajstić information content (AvgIpc) is 2.45. The minimum Gasteiger partial charge on any atom is -0.343 e. The van der Waals surface area contributed by atoms with Crippen molar-refractivity contribution in [3.05, 3.63) is 28.2 Å². The molecule has 1 aromatic rings. The highest BCUT2D eigenvalue weighted by atomic mass is 35.5. The second kappa shape index (κ2) is 7.93. The predicted molar refractivity (Wildman–Crippen MR) is 98.2 cm³/mol. The van der Waals surface area contributed by atoms with Gasteiger partial charge in [-0.2, -0.15) is 0 Å². The first kappa shape index (κ1) is 19.3. The molecule has 0 spiro atoms. The Morgan fingerprint density at radius 2 is 1.75 bits per heavy atom. The van der Waals surface area contributed by atoms with Gasteiger partial charge in [0.25, 0.3) is 0 Å². The van der Waals surface area contributed by atoms with Crippen LogP contribution in [0.4, 0.5) is 5.69 Å². The van der Waals surface area contributed by atoms with Crippen LogP contribution < -0.4 is 4.31 Å². The van der Waals surface area contributed by atoms with Gasteiger partial charge in [-0.25, -0.2) is 8.42 Å². The SMILES string of the molecule is CC1CCN(C(=O)CCN(c2cc(Cl)cc(Cl)c2)S(C)(=O)=O)CC1. The fraction of sp³-hybridized carbons (Fsp3) is 0.562. The summed E-state index contributed by atoms with van der Waals surface area (Å²) in [6, 6.07) is 4.59. The fourth-order valence-corrected chi connectivity index (χ4v) is 4.21. The van der Waals surface area contributed by atoms with E-state index in [2.05, 4.69) is 6.92 Å². The number of halogens is 2. The molecule has 134 valence electrons. The van der Waals surface area contributed by atoms with E-state index in [0.717, 1.165) is 32.2 Å². The highest BCUT2D eigenvalue weighted by molar-refractivity contribution is 7.92. The van der Waals surface area contributed by atoms with Crippen LogP contribution in [0.25, 0.3) is 0 Å². The van der Waals surface area contributed by atoms with Crippen molar-refractivity contribution in [2.45, 2.75) is 26.2 Å². The Hall–Kier alpha value is -0.980. The molecule has 5 nitrogen and oxygen atoms in total. The molecule has 0 radical (unpaired) electrons. The molecular formula is C16H22Cl2N2O3S. The van der Waals surface area contributed by atoms with E-state index in [1.54, 1.807) is 0 Å². The lowest BCUT2D eigenvalue weighted by Gasteiger charge is -2.31. The van der Waals surface area contributed by atoms with Crippen LogP contribution in [-0.2, 0) is 14.8 Å². The lowest BCUT2D eigenvalue weighted by molar-refractivity contribution is -0.132. The molecule has 0 N–H and O–H groups in total. The normalized spacial score (nSPS) is 16.2. The van der Waals surface area contributed by atoms with Crippen molar-refractivity contribution in [2.24, 2.45) is 5.92 Å². The molecule has 0 atom stereocenters. The molecule has 1 amide bonds. The maximum Gasteiger partial charge on any atom is 0.232 e. The first-order valence-corrected chi connectivity index (χ1v) is 10.5. The van der Waals surface area contributed by atoms with Crippen LogP contribution in [0.15, 0.2) is 18.2 Å². The summed E-state index contributed by atoms with van der Waals surface area (Å²) in [5.41, 5.74) is 0.370. The molecule has 0 bridgehead atoms. The Morgan fingerprint density at radius 3 is 2.25 bits per heavy atom. The number of piperidine rings is 1. The molecule has 2 rings (SSSR count). The van der Waals surface area contributed by atoms with E-state index >= 15 is 0 Å². The summed E-state index contributed by atoms with van der Waals surface area (Å²) in [6.07, 6.45) is 3.22. The first-order chi connectivity index (χ1) is 11.2. The van der Waals surface area contributed by atoms with Gasteiger partial charge in [-0.05, 0) is 37.0 Å². The van der Waals surface area contributed by atoms with Crippen molar-refractivity contribution in [2.75, 3.05) is 30.2 Å². The smallest absolute Gasteiger partial charge is 0.232 e. The van der Waals surface area contributed by atoms with Crippen LogP contribution in [0.1, 0.15) is 26.2 Å². The van der Waals surface area contributed by atoms with E-state index in [1.807, 2.05) is 4.90 Å². The number of hydrogen-bond donors (Lipinski definition) is 0. The monoisotopic (exact) mass is 392 g/mol. The second-order valence-corrected chi connectivity index (χ2v) is 9.06. The Kier molecular flexibility index (Phi) is 6.39. The van der Waals surface area contributed by atoms with Gasteiger partial charge >= 0.3 is 0 Å². The molecule has 1 aliphatic heterocycles. The molecule has 1 aliphatic rings. The molecule has 1 fully saturated rings. The van der Waals surface area contributed by atoms with Gasteiger partial charge in [-0.3, -0.25) is 9.10 Å². The summed E-state index contributed by atoms with van der Waals surface area (Å²) in [7, 11) is -3.54. The fourth-order valence-electron chi connectivity index (χ4n) is 2.78. The summed E-state index contributed by atoms with van der Waals surface area (Å²) in [5, 5.41) is 0.699. The number of amides is 1. The van der Waals surface area contributed by atoms with Crippen LogP contribution in [-0.4, -0.2) is 45.1 Å². The van der Waals surface area contributed by atoms with E-state index in [1.165, 1.54) is 22.5 Å². The molecule has 0 unspecified atom stereocenters. The van der Waals surface area contributed by atoms with Crippen LogP contribution in [0.2, 0.25) is 10.0 Å². The van der Waals surface area contributed by atoms with Crippen molar-refractivity contribution in [3.63, 3.8) is 0 Å². The number of hydrogen-bond acceptors (Lipinski definition) is 3. The Bertz CT molecular complexity index is 681. The Balaban J connectivity index is 2.09. The highest BCUT2D eigenvalue weighted by Crippen LogP contribution is 2.27. The van der Waals surface area contributed by atoms with E-state index in [0.29, 0.717) is 21.7 Å². The van der Waals surface area contributed by atoms with Gasteiger partial charge in [-0.1, -0.05) is 30.1 Å². The molecule has 1 heterocycles. The third kappa shape index (κ3) is 5.26. The third-order valence-corrected chi connectivity index (χ3v) is 5.83. The van der Waals surface area contributed by atoms with E-state index in [-0.39, 0.29) is 18.9 Å². The molecule has 8 heteroatoms. The Morgan fingerprint density at radius 1 is 1.21 bits per heavy atom. The van der Waals surface area contributed by atoms with Gasteiger partial charge in [-0.15, -0.1) is 0 Å². The zero-order valence-electron chi connectivity index (χ0n) is 13.8. The number of likely N-dealkylation sites (tertiary alicyclic amines) is 1. The lowest BCUT2D eigenvalue weighted by Crippen LogP contribution is -2.40. The second-order valence-electron chi connectivity index (χ2n) is 6.28. The number of rotatable bonds is 5. The number of anilines is 1. The zero-order valence-corrected chi connectivity index (χ0v) is 16.2. The van der Waals surface area contributed by atoms with Gasteiger partial charge in [0, 0.05) is 36.1 Å². The summed E-state index contributed by atoms with van der Waals surface area (Å²) < 4.78 is 25.4. The van der Waals surface area contributed by atoms with Crippen molar-refractivity contribution in [1.29, 1.82) is 0 Å². The lowest BCUT2D eigenvalue weighted by atomic mass is 9.99. The minimum atomic E-state index is -3.54. The Labute approximate surface area is 153 Å². The molecule has 0 aliphatic carbocycles. The summed E-state index contributed by atoms with van der Waals surface area (Å²) >= 11 is 11.9. The summed E-state index contributed by atoms with van der Waals surface area (Å²) in [4.78, 5) is 14.2. The number of sulfonamides is 1. The standard InChI is InChI=1S/C16H22Cl2N2O3S/c1-12-3-6-19(7-4-12)16(21)5-8-20(24(2,22)23)15-10-13(17)9-14(18)11-15/h9-12H,3-8H2,1-2H3.